The molecule has 4 rings (SSSR count). The highest BCUT2D eigenvalue weighted by molar-refractivity contribution is 7.10. The Morgan fingerprint density at radius 1 is 1.03 bits per heavy atom. The van der Waals surface area contributed by atoms with E-state index in [9.17, 15) is 9.59 Å². The minimum absolute atomic E-state index is 0.127. The first kappa shape index (κ1) is 19.2. The summed E-state index contributed by atoms with van der Waals surface area (Å²) in [6.45, 7) is 0.337. The molecule has 0 radical (unpaired) electrons. The van der Waals surface area contributed by atoms with E-state index in [2.05, 4.69) is 34.9 Å². The van der Waals surface area contributed by atoms with Crippen molar-refractivity contribution in [2.75, 3.05) is 0 Å². The van der Waals surface area contributed by atoms with E-state index in [1.54, 1.807) is 23.5 Å². The molecule has 0 aliphatic heterocycles. The zero-order chi connectivity index (χ0) is 20.2. The Hall–Kier alpha value is -3.12. The van der Waals surface area contributed by atoms with Gasteiger partial charge in [0.2, 0.25) is 0 Å². The van der Waals surface area contributed by atoms with E-state index < -0.39 is 6.03 Å². The third-order valence-corrected chi connectivity index (χ3v) is 6.18. The third kappa shape index (κ3) is 4.49. The van der Waals surface area contributed by atoms with Crippen molar-refractivity contribution >= 4 is 23.3 Å². The number of nitrogens with two attached hydrogens (primary N) is 1. The van der Waals surface area contributed by atoms with Crippen molar-refractivity contribution in [1.82, 2.24) is 10.6 Å². The zero-order valence-electron chi connectivity index (χ0n) is 16.0. The Morgan fingerprint density at radius 3 is 2.55 bits per heavy atom. The molecule has 2 aromatic carbocycles. The second-order valence-electron chi connectivity index (χ2n) is 7.22. The number of primary amides is 1. The summed E-state index contributed by atoms with van der Waals surface area (Å²) < 4.78 is 0. The Bertz CT molecular complexity index is 1010. The van der Waals surface area contributed by atoms with Crippen LogP contribution in [-0.4, -0.2) is 11.9 Å². The number of amides is 3. The topological polar surface area (TPSA) is 84.2 Å². The predicted molar refractivity (Wildman–Crippen MR) is 115 cm³/mol. The van der Waals surface area contributed by atoms with E-state index in [1.165, 1.54) is 17.5 Å². The first-order valence-corrected chi connectivity index (χ1v) is 10.6. The number of benzene rings is 2. The highest BCUT2D eigenvalue weighted by Crippen LogP contribution is 2.30. The van der Waals surface area contributed by atoms with Gasteiger partial charge < -0.3 is 16.4 Å². The van der Waals surface area contributed by atoms with Crippen LogP contribution in [0.2, 0.25) is 0 Å². The van der Waals surface area contributed by atoms with E-state index >= 15 is 0 Å². The summed E-state index contributed by atoms with van der Waals surface area (Å²) in [5, 5.41) is 7.77. The molecular weight excluding hydrogens is 382 g/mol. The van der Waals surface area contributed by atoms with Crippen molar-refractivity contribution in [2.24, 2.45) is 5.73 Å². The number of carbonyl (C=O) groups is 2. The smallest absolute Gasteiger partial charge is 0.312 e. The zero-order valence-corrected chi connectivity index (χ0v) is 16.8. The fraction of sp³-hybridized carbons (Fsp3) is 0.217. The number of fused-ring (bicyclic) bond motifs is 1. The maximum Gasteiger partial charge on any atom is 0.312 e. The van der Waals surface area contributed by atoms with Gasteiger partial charge in [-0.25, -0.2) is 4.79 Å². The fourth-order valence-corrected chi connectivity index (χ4v) is 4.53. The van der Waals surface area contributed by atoms with E-state index in [-0.39, 0.29) is 11.9 Å². The lowest BCUT2D eigenvalue weighted by atomic mass is 9.99. The molecular formula is C23H23N3O2S. The monoisotopic (exact) mass is 405 g/mol. The molecule has 3 aromatic rings. The lowest BCUT2D eigenvalue weighted by Gasteiger charge is -2.19. The Morgan fingerprint density at radius 2 is 1.83 bits per heavy atom. The molecule has 1 aromatic heterocycles. The van der Waals surface area contributed by atoms with Crippen LogP contribution in [0.15, 0.2) is 60.0 Å². The fourth-order valence-electron chi connectivity index (χ4n) is 3.72. The summed E-state index contributed by atoms with van der Waals surface area (Å²) in [5.41, 5.74) is 10.5. The molecule has 1 aliphatic carbocycles. The minimum atomic E-state index is -0.569. The van der Waals surface area contributed by atoms with Gasteiger partial charge in [-0.05, 0) is 65.1 Å². The lowest BCUT2D eigenvalue weighted by Crippen LogP contribution is -2.29. The average molecular weight is 406 g/mol. The van der Waals surface area contributed by atoms with Crippen LogP contribution in [0.5, 0.6) is 0 Å². The number of aryl methyl sites for hydroxylation is 2. The maximum absolute atomic E-state index is 12.9. The lowest BCUT2D eigenvalue weighted by molar-refractivity contribution is 0.0943. The molecule has 3 amide bonds. The normalized spacial score (nSPS) is 13.5. The summed E-state index contributed by atoms with van der Waals surface area (Å²) in [4.78, 5) is 24.9. The molecule has 0 bridgehead atoms. The molecule has 1 atom stereocenters. The SMILES string of the molecule is NC(=O)NCc1ccc(C(=O)N[C@H](c2ccc3c(c2)CCC3)c2cccs2)cc1. The van der Waals surface area contributed by atoms with Gasteiger partial charge in [0.1, 0.15) is 0 Å². The van der Waals surface area contributed by atoms with Crippen molar-refractivity contribution in [3.63, 3.8) is 0 Å². The third-order valence-electron chi connectivity index (χ3n) is 5.24. The summed E-state index contributed by atoms with van der Waals surface area (Å²) in [7, 11) is 0. The predicted octanol–water partition coefficient (Wildman–Crippen LogP) is 3.92. The molecule has 0 saturated heterocycles. The molecule has 1 heterocycles. The van der Waals surface area contributed by atoms with Crippen LogP contribution in [0.1, 0.15) is 50.0 Å². The molecule has 0 fully saturated rings. The summed E-state index contributed by atoms with van der Waals surface area (Å²) in [6.07, 6.45) is 3.45. The van der Waals surface area contributed by atoms with Gasteiger partial charge in [0.05, 0.1) is 6.04 Å². The Kier molecular flexibility index (Phi) is 5.62. The highest BCUT2D eigenvalue weighted by Gasteiger charge is 2.21. The van der Waals surface area contributed by atoms with Crippen molar-refractivity contribution < 1.29 is 9.59 Å². The van der Waals surface area contributed by atoms with Crippen LogP contribution < -0.4 is 16.4 Å². The van der Waals surface area contributed by atoms with E-state index in [4.69, 9.17) is 5.73 Å². The quantitative estimate of drug-likeness (QED) is 0.581. The molecule has 0 saturated carbocycles. The molecule has 148 valence electrons. The van der Waals surface area contributed by atoms with Crippen molar-refractivity contribution in [1.29, 1.82) is 0 Å². The number of hydrogen-bond donors (Lipinski definition) is 3. The second kappa shape index (κ2) is 8.49. The summed E-state index contributed by atoms with van der Waals surface area (Å²) >= 11 is 1.64. The number of nitrogens with one attached hydrogen (secondary N) is 2. The van der Waals surface area contributed by atoms with Crippen LogP contribution in [0.4, 0.5) is 4.79 Å². The summed E-state index contributed by atoms with van der Waals surface area (Å²) in [6, 6.07) is 17.1. The van der Waals surface area contributed by atoms with Crippen LogP contribution in [0, 0.1) is 0 Å². The molecule has 29 heavy (non-hydrogen) atoms. The molecule has 0 unspecified atom stereocenters. The van der Waals surface area contributed by atoms with Gasteiger partial charge in [0, 0.05) is 17.0 Å². The van der Waals surface area contributed by atoms with Gasteiger partial charge in [-0.3, -0.25) is 4.79 Å². The summed E-state index contributed by atoms with van der Waals surface area (Å²) in [5.74, 6) is -0.127. The van der Waals surface area contributed by atoms with Crippen molar-refractivity contribution in [2.45, 2.75) is 31.8 Å². The van der Waals surface area contributed by atoms with Gasteiger partial charge in [-0.1, -0.05) is 36.4 Å². The molecule has 5 nitrogen and oxygen atoms in total. The number of urea groups is 1. The largest absolute Gasteiger partial charge is 0.352 e. The molecule has 1 aliphatic rings. The van der Waals surface area contributed by atoms with Gasteiger partial charge in [-0.15, -0.1) is 11.3 Å². The van der Waals surface area contributed by atoms with E-state index in [0.717, 1.165) is 28.8 Å². The maximum atomic E-state index is 12.9. The van der Waals surface area contributed by atoms with Crippen LogP contribution in [0.3, 0.4) is 0 Å². The number of hydrogen-bond acceptors (Lipinski definition) is 3. The van der Waals surface area contributed by atoms with Crippen LogP contribution in [-0.2, 0) is 19.4 Å². The van der Waals surface area contributed by atoms with Gasteiger partial charge in [0.15, 0.2) is 0 Å². The molecule has 0 spiro atoms. The first-order valence-electron chi connectivity index (χ1n) is 9.68. The average Bonchev–Trinajstić information content (AvgIpc) is 3.42. The van der Waals surface area contributed by atoms with Crippen molar-refractivity contribution in [3.05, 3.63) is 92.7 Å². The second-order valence-corrected chi connectivity index (χ2v) is 8.20. The minimum Gasteiger partial charge on any atom is -0.352 e. The number of rotatable bonds is 6. The van der Waals surface area contributed by atoms with Gasteiger partial charge >= 0.3 is 6.03 Å². The molecule has 6 heteroatoms. The van der Waals surface area contributed by atoms with Gasteiger partial charge in [-0.2, -0.15) is 0 Å². The van der Waals surface area contributed by atoms with Crippen molar-refractivity contribution in [3.8, 4) is 0 Å². The highest BCUT2D eigenvalue weighted by atomic mass is 32.1. The standard InChI is InChI=1S/C23H23N3O2S/c24-23(28)25-14-15-6-8-17(9-7-15)22(27)26-21(20-5-2-12-29-20)19-11-10-16-3-1-4-18(16)13-19/h2,5-13,21H,1,3-4,14H2,(H,26,27)(H3,24,25,28)/t21-/m1/s1. The Balaban J connectivity index is 1.53. The van der Waals surface area contributed by atoms with Gasteiger partial charge in [0.25, 0.3) is 5.91 Å². The number of thiophene rings is 1. The Labute approximate surface area is 173 Å². The molecule has 4 N–H and O–H groups in total. The number of carbonyl (C=O) groups excluding carboxylic acids is 2. The first-order chi connectivity index (χ1) is 14.1. The van der Waals surface area contributed by atoms with Crippen LogP contribution >= 0.6 is 11.3 Å². The van der Waals surface area contributed by atoms with E-state index in [0.29, 0.717) is 12.1 Å². The van der Waals surface area contributed by atoms with E-state index in [1.807, 2.05) is 23.6 Å². The van der Waals surface area contributed by atoms with Crippen LogP contribution in [0.25, 0.3) is 0 Å².